The normalized spacial score (nSPS) is 11.5. The minimum Gasteiger partial charge on any atom is -0.481 e. The van der Waals surface area contributed by atoms with Crippen molar-refractivity contribution in [3.63, 3.8) is 0 Å². The van der Waals surface area contributed by atoms with Gasteiger partial charge in [-0.1, -0.05) is 218 Å². The van der Waals surface area contributed by atoms with Crippen LogP contribution >= 0.6 is 11.6 Å². The summed E-state index contributed by atoms with van der Waals surface area (Å²) in [7, 11) is 0. The second-order valence-corrected chi connectivity index (χ2v) is 13.9. The average Bonchev–Trinajstić information content (AvgIpc) is 2.98. The van der Waals surface area contributed by atoms with Gasteiger partial charge in [0.05, 0.1) is 0 Å². The molecule has 2 nitrogen and oxygen atoms in total. The van der Waals surface area contributed by atoms with E-state index in [9.17, 15) is 4.79 Å². The van der Waals surface area contributed by atoms with E-state index in [0.29, 0.717) is 6.42 Å². The molecule has 0 radical (unpaired) electrons. The molecule has 0 aliphatic rings. The van der Waals surface area contributed by atoms with Crippen LogP contribution in [-0.2, 0) is 4.79 Å². The molecule has 0 saturated heterocycles. The standard InChI is InChI=1S/C39H77ClO2/c40-38-36-34-32-30-28-26-24-22-20-18-16-14-12-10-8-6-4-2-1-3-5-7-9-11-13-15-17-19-21-23-25-27-29-31-33-35-37-39(41)42/h1-38H2,(H,41,42). The molecule has 0 heterocycles. The molecule has 3 heteroatoms. The van der Waals surface area contributed by atoms with E-state index in [1.54, 1.807) is 0 Å². The van der Waals surface area contributed by atoms with Crippen LogP contribution in [0.15, 0.2) is 0 Å². The monoisotopic (exact) mass is 613 g/mol. The van der Waals surface area contributed by atoms with Gasteiger partial charge in [-0.25, -0.2) is 0 Å². The van der Waals surface area contributed by atoms with E-state index in [-0.39, 0.29) is 0 Å². The largest absolute Gasteiger partial charge is 0.481 e. The molecule has 0 saturated carbocycles. The van der Waals surface area contributed by atoms with E-state index in [4.69, 9.17) is 16.7 Å². The number of halogens is 1. The maximum absolute atomic E-state index is 10.5. The average molecular weight is 613 g/mol. The van der Waals surface area contributed by atoms with Crippen molar-refractivity contribution in [3.05, 3.63) is 0 Å². The zero-order valence-electron chi connectivity index (χ0n) is 28.6. The number of hydrogen-bond donors (Lipinski definition) is 1. The van der Waals surface area contributed by atoms with Gasteiger partial charge < -0.3 is 5.11 Å². The summed E-state index contributed by atoms with van der Waals surface area (Å²) in [4.78, 5) is 10.5. The van der Waals surface area contributed by atoms with Crippen LogP contribution in [0.1, 0.15) is 238 Å². The topological polar surface area (TPSA) is 37.3 Å². The Morgan fingerprint density at radius 2 is 0.429 bits per heavy atom. The molecule has 252 valence electrons. The van der Waals surface area contributed by atoms with E-state index < -0.39 is 5.97 Å². The Labute approximate surface area is 270 Å². The van der Waals surface area contributed by atoms with Crippen molar-refractivity contribution in [1.29, 1.82) is 0 Å². The van der Waals surface area contributed by atoms with Gasteiger partial charge in [-0.2, -0.15) is 0 Å². The molecule has 0 aliphatic carbocycles. The van der Waals surface area contributed by atoms with Gasteiger partial charge in [-0.15, -0.1) is 11.6 Å². The summed E-state index contributed by atoms with van der Waals surface area (Å²) in [6, 6.07) is 0. The van der Waals surface area contributed by atoms with E-state index in [1.165, 1.54) is 218 Å². The lowest BCUT2D eigenvalue weighted by molar-refractivity contribution is -0.137. The molecule has 0 spiro atoms. The molecule has 0 rings (SSSR count). The number of hydrogen-bond acceptors (Lipinski definition) is 1. The molecule has 0 amide bonds. The van der Waals surface area contributed by atoms with Gasteiger partial charge in [0.1, 0.15) is 0 Å². The van der Waals surface area contributed by atoms with Crippen LogP contribution in [0.3, 0.4) is 0 Å². The molecule has 0 aromatic heterocycles. The fourth-order valence-corrected chi connectivity index (χ4v) is 6.57. The van der Waals surface area contributed by atoms with Gasteiger partial charge >= 0.3 is 5.97 Å². The maximum atomic E-state index is 10.5. The van der Waals surface area contributed by atoms with Gasteiger partial charge in [0.15, 0.2) is 0 Å². The molecule has 0 aliphatic heterocycles. The fraction of sp³-hybridized carbons (Fsp3) is 0.974. The van der Waals surface area contributed by atoms with Crippen molar-refractivity contribution in [2.45, 2.75) is 238 Å². The number of carboxylic acid groups (broad SMARTS) is 1. The molecule has 1 N–H and O–H groups in total. The number of alkyl halides is 1. The van der Waals surface area contributed by atoms with Crippen LogP contribution in [-0.4, -0.2) is 17.0 Å². The lowest BCUT2D eigenvalue weighted by Gasteiger charge is -2.05. The number of rotatable bonds is 38. The molecule has 0 fully saturated rings. The van der Waals surface area contributed by atoms with Gasteiger partial charge in [0.25, 0.3) is 0 Å². The molecular formula is C39H77ClO2. The summed E-state index contributed by atoms with van der Waals surface area (Å²) in [5.74, 6) is 0.193. The highest BCUT2D eigenvalue weighted by atomic mass is 35.5. The van der Waals surface area contributed by atoms with Crippen LogP contribution in [0.4, 0.5) is 0 Å². The van der Waals surface area contributed by atoms with Gasteiger partial charge in [0, 0.05) is 12.3 Å². The van der Waals surface area contributed by atoms with Crippen molar-refractivity contribution in [1.82, 2.24) is 0 Å². The highest BCUT2D eigenvalue weighted by Crippen LogP contribution is 2.17. The van der Waals surface area contributed by atoms with E-state index in [2.05, 4.69) is 0 Å². The quantitative estimate of drug-likeness (QED) is 0.0556. The lowest BCUT2D eigenvalue weighted by atomic mass is 10.0. The third-order valence-electron chi connectivity index (χ3n) is 9.27. The summed E-state index contributed by atoms with van der Waals surface area (Å²) in [5.41, 5.74) is 0. The Bertz CT molecular complexity index is 495. The first kappa shape index (κ1) is 41.8. The first-order valence-electron chi connectivity index (χ1n) is 19.5. The summed E-state index contributed by atoms with van der Waals surface area (Å²) < 4.78 is 0. The van der Waals surface area contributed by atoms with Crippen LogP contribution < -0.4 is 0 Å². The lowest BCUT2D eigenvalue weighted by Crippen LogP contribution is -1.93. The zero-order valence-corrected chi connectivity index (χ0v) is 29.4. The molecule has 0 unspecified atom stereocenters. The summed E-state index contributed by atoms with van der Waals surface area (Å²) in [6.45, 7) is 0. The third kappa shape index (κ3) is 39.8. The highest BCUT2D eigenvalue weighted by molar-refractivity contribution is 6.17. The predicted molar refractivity (Wildman–Crippen MR) is 189 cm³/mol. The third-order valence-corrected chi connectivity index (χ3v) is 9.54. The first-order chi connectivity index (χ1) is 20.8. The number of unbranched alkanes of at least 4 members (excludes halogenated alkanes) is 35. The summed E-state index contributed by atoms with van der Waals surface area (Å²) in [6.07, 6.45) is 50.7. The number of carboxylic acids is 1. The Kier molecular flexibility index (Phi) is 38.6. The van der Waals surface area contributed by atoms with Gasteiger partial charge in [-0.3, -0.25) is 4.79 Å². The van der Waals surface area contributed by atoms with Crippen molar-refractivity contribution >= 4 is 17.6 Å². The SMILES string of the molecule is O=C(O)CCCCCCCCCCCCCCCCCCCCCCCCCCCCCCCCCCCCCCCl. The van der Waals surface area contributed by atoms with E-state index in [0.717, 1.165) is 18.7 Å². The minimum atomic E-state index is -0.648. The van der Waals surface area contributed by atoms with Crippen molar-refractivity contribution < 1.29 is 9.90 Å². The minimum absolute atomic E-state index is 0.346. The zero-order chi connectivity index (χ0) is 30.4. The molecule has 0 atom stereocenters. The molecule has 0 bridgehead atoms. The first-order valence-corrected chi connectivity index (χ1v) is 20.1. The van der Waals surface area contributed by atoms with Crippen LogP contribution in [0, 0.1) is 0 Å². The Hall–Kier alpha value is -0.240. The van der Waals surface area contributed by atoms with Crippen LogP contribution in [0.5, 0.6) is 0 Å². The molecular weight excluding hydrogens is 536 g/mol. The molecule has 0 aromatic rings. The van der Waals surface area contributed by atoms with E-state index >= 15 is 0 Å². The Balaban J connectivity index is 3.03. The highest BCUT2D eigenvalue weighted by Gasteiger charge is 1.99. The van der Waals surface area contributed by atoms with E-state index in [1.807, 2.05) is 0 Å². The van der Waals surface area contributed by atoms with Crippen molar-refractivity contribution in [3.8, 4) is 0 Å². The Morgan fingerprint density at radius 3 is 0.571 bits per heavy atom. The second kappa shape index (κ2) is 38.8. The smallest absolute Gasteiger partial charge is 0.303 e. The van der Waals surface area contributed by atoms with Gasteiger partial charge in [0.2, 0.25) is 0 Å². The number of aliphatic carboxylic acids is 1. The van der Waals surface area contributed by atoms with Crippen molar-refractivity contribution in [2.75, 3.05) is 5.88 Å². The summed E-state index contributed by atoms with van der Waals surface area (Å²) in [5, 5.41) is 8.64. The van der Waals surface area contributed by atoms with Crippen molar-refractivity contribution in [2.24, 2.45) is 0 Å². The number of carbonyl (C=O) groups is 1. The maximum Gasteiger partial charge on any atom is 0.303 e. The molecule has 42 heavy (non-hydrogen) atoms. The predicted octanol–water partition coefficient (Wildman–Crippen LogP) is 14.7. The Morgan fingerprint density at radius 1 is 0.286 bits per heavy atom. The molecule has 0 aromatic carbocycles. The van der Waals surface area contributed by atoms with Crippen LogP contribution in [0.2, 0.25) is 0 Å². The second-order valence-electron chi connectivity index (χ2n) is 13.6. The summed E-state index contributed by atoms with van der Waals surface area (Å²) >= 11 is 5.73. The van der Waals surface area contributed by atoms with Gasteiger partial charge in [-0.05, 0) is 12.8 Å². The van der Waals surface area contributed by atoms with Crippen LogP contribution in [0.25, 0.3) is 0 Å². The fourth-order valence-electron chi connectivity index (χ4n) is 6.38.